The number of benzene rings is 1. The van der Waals surface area contributed by atoms with Crippen molar-refractivity contribution < 1.29 is 19.1 Å². The maximum absolute atomic E-state index is 13.1. The lowest BCUT2D eigenvalue weighted by Crippen LogP contribution is -2.52. The van der Waals surface area contributed by atoms with Gasteiger partial charge in [0.2, 0.25) is 0 Å². The molecular weight excluding hydrogens is 440 g/mol. The molecule has 1 saturated heterocycles. The number of methoxy groups -OCH3 is 1. The third-order valence-corrected chi connectivity index (χ3v) is 7.30. The van der Waals surface area contributed by atoms with E-state index in [4.69, 9.17) is 4.74 Å². The maximum Gasteiger partial charge on any atom is 0.344 e. The standard InChI is InChI=1S/C24H30N4O4S/c1-17-9-11-24(12-10-17)22(30)28(23(31)25-24)26-21(29)16-27(15-19-7-5-13-33-19)14-18-6-3-4-8-20(18)32-2/h3-8,13,17H,9-12,14-16H2,1-2H3,(H,25,31)(H,26,29). The molecule has 8 nitrogen and oxygen atoms in total. The van der Waals surface area contributed by atoms with Gasteiger partial charge in [0.25, 0.3) is 11.8 Å². The number of nitrogens with one attached hydrogen (secondary N) is 2. The van der Waals surface area contributed by atoms with Crippen LogP contribution in [0.1, 0.15) is 43.0 Å². The van der Waals surface area contributed by atoms with Crippen LogP contribution in [0.2, 0.25) is 0 Å². The van der Waals surface area contributed by atoms with Crippen LogP contribution in [0.3, 0.4) is 0 Å². The normalized spacial score (nSPS) is 22.6. The highest BCUT2D eigenvalue weighted by atomic mass is 32.1. The molecule has 4 rings (SSSR count). The lowest BCUT2D eigenvalue weighted by atomic mass is 9.77. The summed E-state index contributed by atoms with van der Waals surface area (Å²) in [5, 5.41) is 5.69. The lowest BCUT2D eigenvalue weighted by molar-refractivity contribution is -0.140. The quantitative estimate of drug-likeness (QED) is 0.578. The van der Waals surface area contributed by atoms with Gasteiger partial charge >= 0.3 is 6.03 Å². The van der Waals surface area contributed by atoms with E-state index in [1.165, 1.54) is 0 Å². The predicted molar refractivity (Wildman–Crippen MR) is 125 cm³/mol. The number of nitrogens with zero attached hydrogens (tertiary/aromatic N) is 2. The van der Waals surface area contributed by atoms with Crippen molar-refractivity contribution in [2.24, 2.45) is 5.92 Å². The molecule has 1 saturated carbocycles. The van der Waals surface area contributed by atoms with E-state index < -0.39 is 17.5 Å². The summed E-state index contributed by atoms with van der Waals surface area (Å²) in [6, 6.07) is 11.1. The molecular formula is C24H30N4O4S. The van der Waals surface area contributed by atoms with Crippen molar-refractivity contribution in [3.8, 4) is 5.75 Å². The lowest BCUT2D eigenvalue weighted by Gasteiger charge is -2.33. The van der Waals surface area contributed by atoms with Crippen molar-refractivity contribution >= 4 is 29.2 Å². The molecule has 0 radical (unpaired) electrons. The molecule has 2 aliphatic rings. The maximum atomic E-state index is 13.1. The van der Waals surface area contributed by atoms with Crippen LogP contribution in [0.4, 0.5) is 4.79 Å². The zero-order valence-electron chi connectivity index (χ0n) is 19.0. The SMILES string of the molecule is COc1ccccc1CN(CC(=O)NN1C(=O)NC2(CCC(C)CC2)C1=O)Cc1cccs1. The smallest absolute Gasteiger partial charge is 0.344 e. The molecule has 2 heterocycles. The molecule has 0 unspecified atom stereocenters. The van der Waals surface area contributed by atoms with E-state index in [2.05, 4.69) is 17.7 Å². The second kappa shape index (κ2) is 9.93. The summed E-state index contributed by atoms with van der Waals surface area (Å²) in [7, 11) is 1.62. The van der Waals surface area contributed by atoms with Gasteiger partial charge in [0, 0.05) is 23.5 Å². The van der Waals surface area contributed by atoms with Gasteiger partial charge in [-0.3, -0.25) is 19.9 Å². The van der Waals surface area contributed by atoms with Crippen molar-refractivity contribution in [1.82, 2.24) is 20.7 Å². The highest BCUT2D eigenvalue weighted by molar-refractivity contribution is 7.09. The molecule has 2 aromatic rings. The first-order valence-electron chi connectivity index (χ1n) is 11.2. The molecule has 1 aromatic heterocycles. The van der Waals surface area contributed by atoms with Crippen LogP contribution in [0.15, 0.2) is 41.8 Å². The summed E-state index contributed by atoms with van der Waals surface area (Å²) in [6.07, 6.45) is 2.95. The molecule has 1 aromatic carbocycles. The molecule has 33 heavy (non-hydrogen) atoms. The number of hydrogen-bond acceptors (Lipinski definition) is 6. The molecule has 2 N–H and O–H groups in total. The molecule has 1 aliphatic carbocycles. The topological polar surface area (TPSA) is 91.0 Å². The number of hydrazine groups is 1. The van der Waals surface area contributed by atoms with Crippen molar-refractivity contribution in [2.45, 2.75) is 51.2 Å². The second-order valence-electron chi connectivity index (χ2n) is 8.91. The van der Waals surface area contributed by atoms with Crippen molar-refractivity contribution in [3.05, 3.63) is 52.2 Å². The van der Waals surface area contributed by atoms with E-state index in [-0.39, 0.29) is 12.5 Å². The van der Waals surface area contributed by atoms with Crippen LogP contribution < -0.4 is 15.5 Å². The van der Waals surface area contributed by atoms with Crippen LogP contribution in [-0.4, -0.2) is 46.9 Å². The number of carbonyl (C=O) groups excluding carboxylic acids is 3. The molecule has 176 valence electrons. The van der Waals surface area contributed by atoms with Gasteiger partial charge < -0.3 is 10.1 Å². The highest BCUT2D eigenvalue weighted by Crippen LogP contribution is 2.35. The average Bonchev–Trinajstić information content (AvgIpc) is 3.39. The third-order valence-electron chi connectivity index (χ3n) is 6.44. The largest absolute Gasteiger partial charge is 0.496 e. The molecule has 0 bridgehead atoms. The molecule has 2 fully saturated rings. The first kappa shape index (κ1) is 23.3. The fraction of sp³-hybridized carbons (Fsp3) is 0.458. The Morgan fingerprint density at radius 3 is 2.67 bits per heavy atom. The number of para-hydroxylation sites is 1. The third kappa shape index (κ3) is 5.20. The average molecular weight is 471 g/mol. The Kier molecular flexibility index (Phi) is 6.99. The number of rotatable bonds is 8. The number of carbonyl (C=O) groups is 3. The van der Waals surface area contributed by atoms with E-state index in [0.717, 1.165) is 34.0 Å². The minimum atomic E-state index is -0.884. The van der Waals surface area contributed by atoms with Crippen LogP contribution in [0, 0.1) is 5.92 Å². The summed E-state index contributed by atoms with van der Waals surface area (Å²) in [6.45, 7) is 3.22. The number of ether oxygens (including phenoxy) is 1. The Labute approximate surface area is 197 Å². The Morgan fingerprint density at radius 2 is 1.97 bits per heavy atom. The Bertz CT molecular complexity index is 1000. The summed E-state index contributed by atoms with van der Waals surface area (Å²) in [5.41, 5.74) is 2.62. The van der Waals surface area contributed by atoms with Crippen molar-refractivity contribution in [3.63, 3.8) is 0 Å². The Hall–Kier alpha value is -2.91. The van der Waals surface area contributed by atoms with Gasteiger partial charge in [0.05, 0.1) is 13.7 Å². The monoisotopic (exact) mass is 470 g/mol. The van der Waals surface area contributed by atoms with Gasteiger partial charge in [-0.25, -0.2) is 4.79 Å². The van der Waals surface area contributed by atoms with E-state index in [1.807, 2.05) is 46.7 Å². The van der Waals surface area contributed by atoms with Crippen molar-refractivity contribution in [2.75, 3.05) is 13.7 Å². The van der Waals surface area contributed by atoms with E-state index >= 15 is 0 Å². The van der Waals surface area contributed by atoms with Gasteiger partial charge in [-0.2, -0.15) is 5.01 Å². The number of hydrogen-bond donors (Lipinski definition) is 2. The first-order chi connectivity index (χ1) is 15.9. The summed E-state index contributed by atoms with van der Waals surface area (Å²) in [5.74, 6) is 0.509. The molecule has 9 heteroatoms. The van der Waals surface area contributed by atoms with Gasteiger partial charge in [-0.05, 0) is 49.1 Å². The number of urea groups is 1. The van der Waals surface area contributed by atoms with Crippen molar-refractivity contribution in [1.29, 1.82) is 0 Å². The van der Waals surface area contributed by atoms with E-state index in [0.29, 0.717) is 31.8 Å². The van der Waals surface area contributed by atoms with E-state index in [9.17, 15) is 14.4 Å². The zero-order chi connectivity index (χ0) is 23.4. The summed E-state index contributed by atoms with van der Waals surface area (Å²) >= 11 is 1.61. The highest BCUT2D eigenvalue weighted by Gasteiger charge is 2.52. The summed E-state index contributed by atoms with van der Waals surface area (Å²) < 4.78 is 5.46. The Morgan fingerprint density at radius 1 is 1.21 bits per heavy atom. The fourth-order valence-electron chi connectivity index (χ4n) is 4.54. The minimum absolute atomic E-state index is 0.0248. The minimum Gasteiger partial charge on any atom is -0.496 e. The van der Waals surface area contributed by atoms with Crippen LogP contribution in [0.25, 0.3) is 0 Å². The first-order valence-corrected chi connectivity index (χ1v) is 12.1. The van der Waals surface area contributed by atoms with E-state index in [1.54, 1.807) is 18.4 Å². The van der Waals surface area contributed by atoms with Gasteiger partial charge in [0.1, 0.15) is 11.3 Å². The van der Waals surface area contributed by atoms with Crippen LogP contribution in [-0.2, 0) is 22.7 Å². The number of imide groups is 1. The zero-order valence-corrected chi connectivity index (χ0v) is 19.8. The number of thiophene rings is 1. The molecule has 4 amide bonds. The van der Waals surface area contributed by atoms with Crippen LogP contribution >= 0.6 is 11.3 Å². The molecule has 0 atom stereocenters. The van der Waals surface area contributed by atoms with Gasteiger partial charge in [0.15, 0.2) is 0 Å². The second-order valence-corrected chi connectivity index (χ2v) is 9.94. The van der Waals surface area contributed by atoms with Gasteiger partial charge in [-0.15, -0.1) is 11.3 Å². The Balaban J connectivity index is 1.44. The summed E-state index contributed by atoms with van der Waals surface area (Å²) in [4.78, 5) is 41.6. The predicted octanol–water partition coefficient (Wildman–Crippen LogP) is 3.29. The molecule has 1 spiro atoms. The van der Waals surface area contributed by atoms with Crippen LogP contribution in [0.5, 0.6) is 5.75 Å². The number of amides is 4. The fourth-order valence-corrected chi connectivity index (χ4v) is 5.29. The van der Waals surface area contributed by atoms with Gasteiger partial charge in [-0.1, -0.05) is 31.2 Å². The molecule has 1 aliphatic heterocycles.